The Labute approximate surface area is 203 Å². The van der Waals surface area contributed by atoms with Crippen molar-refractivity contribution in [1.82, 2.24) is 4.98 Å². The molecule has 1 aliphatic heterocycles. The van der Waals surface area contributed by atoms with E-state index < -0.39 is 23.7 Å². The van der Waals surface area contributed by atoms with Crippen LogP contribution in [0.25, 0.3) is 5.76 Å². The number of hydrogen-bond donors (Lipinski definition) is 1. The van der Waals surface area contributed by atoms with Crippen molar-refractivity contribution in [2.75, 3.05) is 4.90 Å². The van der Waals surface area contributed by atoms with Gasteiger partial charge in [0.05, 0.1) is 23.3 Å². The van der Waals surface area contributed by atoms with Gasteiger partial charge in [0.15, 0.2) is 0 Å². The molecule has 0 spiro atoms. The second-order valence-corrected chi connectivity index (χ2v) is 8.77. The van der Waals surface area contributed by atoms with Crippen molar-refractivity contribution in [3.05, 3.63) is 100 Å². The van der Waals surface area contributed by atoms with Gasteiger partial charge in [-0.05, 0) is 81.3 Å². The molecule has 0 radical (unpaired) electrons. The maximum Gasteiger partial charge on any atom is 0.338 e. The fourth-order valence-electron chi connectivity index (χ4n) is 4.14. The third kappa shape index (κ3) is 4.57. The van der Waals surface area contributed by atoms with E-state index in [0.29, 0.717) is 22.4 Å². The first kappa shape index (κ1) is 23.9. The SMILES string of the molecule is Cc1ccc(C)c(/C(O)=C2\C(=O)C(=O)N(c3ccc(C(=O)OC(C)C)cc3)C2c2ccncc2)c1. The standard InChI is InChI=1S/C28H26N2O5/c1-16(2)35-28(34)20-7-9-21(10-8-20)30-24(19-11-13-29-14-12-19)23(26(32)27(30)33)25(31)22-15-17(3)5-6-18(22)4/h5-16,24,31H,1-4H3/b25-23+. The highest BCUT2D eigenvalue weighted by atomic mass is 16.5. The second kappa shape index (κ2) is 9.54. The summed E-state index contributed by atoms with van der Waals surface area (Å²) in [4.78, 5) is 44.2. The molecule has 3 aromatic rings. The highest BCUT2D eigenvalue weighted by Crippen LogP contribution is 2.42. The summed E-state index contributed by atoms with van der Waals surface area (Å²) in [5, 5.41) is 11.3. The van der Waals surface area contributed by atoms with E-state index in [1.54, 1.807) is 68.7 Å². The van der Waals surface area contributed by atoms with Crippen LogP contribution in [0.15, 0.2) is 72.6 Å². The molecule has 1 N–H and O–H groups in total. The van der Waals surface area contributed by atoms with Crippen molar-refractivity contribution in [1.29, 1.82) is 0 Å². The van der Waals surface area contributed by atoms with Gasteiger partial charge in [-0.3, -0.25) is 19.5 Å². The second-order valence-electron chi connectivity index (χ2n) is 8.77. The first-order valence-corrected chi connectivity index (χ1v) is 11.3. The summed E-state index contributed by atoms with van der Waals surface area (Å²) in [6.45, 7) is 7.24. The zero-order valence-electron chi connectivity index (χ0n) is 20.0. The van der Waals surface area contributed by atoms with Gasteiger partial charge in [-0.25, -0.2) is 4.79 Å². The normalized spacial score (nSPS) is 17.2. The Morgan fingerprint density at radius 2 is 1.66 bits per heavy atom. The Kier molecular flexibility index (Phi) is 6.51. The number of aliphatic hydroxyl groups is 1. The summed E-state index contributed by atoms with van der Waals surface area (Å²) >= 11 is 0. The number of nitrogens with zero attached hydrogens (tertiary/aromatic N) is 2. The number of carbonyl (C=O) groups is 3. The predicted octanol–water partition coefficient (Wildman–Crippen LogP) is 4.89. The van der Waals surface area contributed by atoms with Gasteiger partial charge in [0, 0.05) is 23.6 Å². The number of amides is 1. The number of ether oxygens (including phenoxy) is 1. The monoisotopic (exact) mass is 470 g/mol. The average molecular weight is 471 g/mol. The van der Waals surface area contributed by atoms with Crippen molar-refractivity contribution in [2.45, 2.75) is 39.8 Å². The first-order valence-electron chi connectivity index (χ1n) is 11.3. The summed E-state index contributed by atoms with van der Waals surface area (Å²) in [7, 11) is 0. The number of aryl methyl sites for hydroxylation is 2. The molecule has 1 saturated heterocycles. The zero-order valence-corrected chi connectivity index (χ0v) is 20.0. The molecule has 1 atom stereocenters. The van der Waals surface area contributed by atoms with Crippen molar-refractivity contribution < 1.29 is 24.2 Å². The minimum Gasteiger partial charge on any atom is -0.507 e. The van der Waals surface area contributed by atoms with Crippen LogP contribution in [0.4, 0.5) is 5.69 Å². The molecule has 0 bridgehead atoms. The van der Waals surface area contributed by atoms with E-state index in [0.717, 1.165) is 11.1 Å². The highest BCUT2D eigenvalue weighted by Gasteiger charge is 2.47. The molecule has 1 unspecified atom stereocenters. The number of benzene rings is 2. The number of anilines is 1. The Hall–Kier alpha value is -4.26. The molecule has 1 amide bonds. The molecule has 0 saturated carbocycles. The Morgan fingerprint density at radius 3 is 2.29 bits per heavy atom. The molecule has 2 aromatic carbocycles. The molecule has 7 nitrogen and oxygen atoms in total. The largest absolute Gasteiger partial charge is 0.507 e. The number of aromatic nitrogens is 1. The topological polar surface area (TPSA) is 96.8 Å². The maximum atomic E-state index is 13.3. The Morgan fingerprint density at radius 1 is 1.00 bits per heavy atom. The van der Waals surface area contributed by atoms with Gasteiger partial charge in [-0.2, -0.15) is 0 Å². The van der Waals surface area contributed by atoms with Gasteiger partial charge in [-0.15, -0.1) is 0 Å². The lowest BCUT2D eigenvalue weighted by atomic mass is 9.93. The van der Waals surface area contributed by atoms with E-state index in [9.17, 15) is 19.5 Å². The summed E-state index contributed by atoms with van der Waals surface area (Å²) in [5.41, 5.74) is 3.54. The lowest BCUT2D eigenvalue weighted by molar-refractivity contribution is -0.132. The van der Waals surface area contributed by atoms with Crippen LogP contribution in [0.3, 0.4) is 0 Å². The van der Waals surface area contributed by atoms with Gasteiger partial charge < -0.3 is 9.84 Å². The van der Waals surface area contributed by atoms with Crippen LogP contribution < -0.4 is 4.90 Å². The smallest absolute Gasteiger partial charge is 0.338 e. The van der Waals surface area contributed by atoms with Crippen molar-refractivity contribution >= 4 is 29.1 Å². The number of carbonyl (C=O) groups excluding carboxylic acids is 3. The van der Waals surface area contributed by atoms with E-state index in [-0.39, 0.29) is 17.4 Å². The Balaban J connectivity index is 1.85. The molecule has 0 aliphatic carbocycles. The number of hydrogen-bond acceptors (Lipinski definition) is 6. The first-order chi connectivity index (χ1) is 16.7. The van der Waals surface area contributed by atoms with E-state index in [1.165, 1.54) is 4.90 Å². The van der Waals surface area contributed by atoms with Crippen molar-refractivity contribution in [3.8, 4) is 0 Å². The third-order valence-corrected chi connectivity index (χ3v) is 5.84. The molecular weight excluding hydrogens is 444 g/mol. The summed E-state index contributed by atoms with van der Waals surface area (Å²) < 4.78 is 5.23. The van der Waals surface area contributed by atoms with Gasteiger partial charge in [0.25, 0.3) is 11.7 Å². The van der Waals surface area contributed by atoms with Crippen molar-refractivity contribution in [3.63, 3.8) is 0 Å². The van der Waals surface area contributed by atoms with E-state index >= 15 is 0 Å². The number of pyridine rings is 1. The van der Waals surface area contributed by atoms with Crippen LogP contribution in [-0.4, -0.2) is 33.9 Å². The fraction of sp³-hybridized carbons (Fsp3) is 0.214. The number of aliphatic hydroxyl groups excluding tert-OH is 1. The molecule has 7 heteroatoms. The van der Waals surface area contributed by atoms with Crippen LogP contribution in [0.1, 0.15) is 52.5 Å². The minimum absolute atomic E-state index is 0.00167. The summed E-state index contributed by atoms with van der Waals surface area (Å²) in [6.07, 6.45) is 2.87. The lowest BCUT2D eigenvalue weighted by Crippen LogP contribution is -2.29. The van der Waals surface area contributed by atoms with Crippen LogP contribution in [0.5, 0.6) is 0 Å². The van der Waals surface area contributed by atoms with E-state index in [1.807, 2.05) is 26.0 Å². The molecule has 1 aliphatic rings. The van der Waals surface area contributed by atoms with Gasteiger partial charge in [0.2, 0.25) is 0 Å². The van der Waals surface area contributed by atoms with Gasteiger partial charge in [0.1, 0.15) is 5.76 Å². The third-order valence-electron chi connectivity index (χ3n) is 5.84. The van der Waals surface area contributed by atoms with Gasteiger partial charge in [-0.1, -0.05) is 17.7 Å². The molecule has 178 valence electrons. The summed E-state index contributed by atoms with van der Waals surface area (Å²) in [5.74, 6) is -2.26. The zero-order chi connectivity index (χ0) is 25.3. The van der Waals surface area contributed by atoms with Crippen LogP contribution in [-0.2, 0) is 14.3 Å². The van der Waals surface area contributed by atoms with E-state index in [2.05, 4.69) is 4.98 Å². The van der Waals surface area contributed by atoms with E-state index in [4.69, 9.17) is 4.74 Å². The van der Waals surface area contributed by atoms with Crippen molar-refractivity contribution in [2.24, 2.45) is 0 Å². The quantitative estimate of drug-likeness (QED) is 0.247. The minimum atomic E-state index is -0.869. The number of rotatable bonds is 5. The van der Waals surface area contributed by atoms with Crippen LogP contribution >= 0.6 is 0 Å². The van der Waals surface area contributed by atoms with Crippen LogP contribution in [0, 0.1) is 13.8 Å². The predicted molar refractivity (Wildman–Crippen MR) is 132 cm³/mol. The molecule has 35 heavy (non-hydrogen) atoms. The molecule has 4 rings (SSSR count). The fourth-order valence-corrected chi connectivity index (χ4v) is 4.14. The average Bonchev–Trinajstić information content (AvgIpc) is 3.11. The Bertz CT molecular complexity index is 1330. The molecule has 2 heterocycles. The number of ketones is 1. The van der Waals surface area contributed by atoms with Gasteiger partial charge >= 0.3 is 5.97 Å². The lowest BCUT2D eigenvalue weighted by Gasteiger charge is -2.25. The highest BCUT2D eigenvalue weighted by molar-refractivity contribution is 6.51. The number of esters is 1. The molecule has 1 fully saturated rings. The number of Topliss-reactive ketones (excluding diaryl/α,β-unsaturated/α-hetero) is 1. The summed E-state index contributed by atoms with van der Waals surface area (Å²) in [6, 6.07) is 14.4. The van der Waals surface area contributed by atoms with Crippen LogP contribution in [0.2, 0.25) is 0 Å². The molecule has 1 aromatic heterocycles. The maximum absolute atomic E-state index is 13.3. The molecular formula is C28H26N2O5.